The lowest BCUT2D eigenvalue weighted by molar-refractivity contribution is -0.661. The van der Waals surface area contributed by atoms with E-state index in [-0.39, 0.29) is 4.90 Å². The fourth-order valence-corrected chi connectivity index (χ4v) is 3.85. The molecule has 0 aromatic heterocycles. The van der Waals surface area contributed by atoms with Crippen molar-refractivity contribution in [3.8, 4) is 0 Å². The summed E-state index contributed by atoms with van der Waals surface area (Å²) in [5.74, 6) is 0. The van der Waals surface area contributed by atoms with E-state index in [0.29, 0.717) is 32.2 Å². The van der Waals surface area contributed by atoms with Crippen LogP contribution in [0.5, 0.6) is 0 Å². The molecule has 2 N–H and O–H groups in total. The van der Waals surface area contributed by atoms with Crippen LogP contribution in [0.4, 0.5) is 13.2 Å². The number of halogens is 4. The standard InChI is InChI=1S/C11H12ClF3N2O2S/c12-10-7-8(1-2-9(10)11(13,14)15)20(18,19)17-5-3-16-4-6-17/h1-2,7,16H,3-6H2/p+1. The Kier molecular flexibility index (Phi) is 4.29. The second-order valence-electron chi connectivity index (χ2n) is 4.41. The number of benzene rings is 1. The fraction of sp³-hybridized carbons (Fsp3) is 0.455. The second kappa shape index (κ2) is 5.51. The van der Waals surface area contributed by atoms with Crippen LogP contribution in [0.15, 0.2) is 23.1 Å². The summed E-state index contributed by atoms with van der Waals surface area (Å²) in [4.78, 5) is -0.211. The van der Waals surface area contributed by atoms with Crippen LogP contribution in [-0.2, 0) is 16.2 Å². The first kappa shape index (κ1) is 15.6. The molecule has 0 spiro atoms. The highest BCUT2D eigenvalue weighted by molar-refractivity contribution is 7.89. The summed E-state index contributed by atoms with van der Waals surface area (Å²) in [6.07, 6.45) is -4.60. The summed E-state index contributed by atoms with van der Waals surface area (Å²) in [6.45, 7) is 1.93. The lowest BCUT2D eigenvalue weighted by Crippen LogP contribution is -2.89. The number of nitrogens with zero attached hydrogens (tertiary/aromatic N) is 1. The predicted molar refractivity (Wildman–Crippen MR) is 66.9 cm³/mol. The Morgan fingerprint density at radius 3 is 2.30 bits per heavy atom. The monoisotopic (exact) mass is 329 g/mol. The molecule has 112 valence electrons. The molecule has 0 saturated carbocycles. The van der Waals surface area contributed by atoms with Gasteiger partial charge in [-0.3, -0.25) is 0 Å². The number of piperazine rings is 1. The van der Waals surface area contributed by atoms with E-state index in [1.165, 1.54) is 4.31 Å². The minimum Gasteiger partial charge on any atom is -0.344 e. The van der Waals surface area contributed by atoms with Crippen molar-refractivity contribution in [2.45, 2.75) is 11.1 Å². The summed E-state index contributed by atoms with van der Waals surface area (Å²) >= 11 is 5.55. The van der Waals surface area contributed by atoms with E-state index in [1.807, 2.05) is 5.32 Å². The Labute approximate surface area is 119 Å². The third-order valence-electron chi connectivity index (χ3n) is 3.05. The van der Waals surface area contributed by atoms with Crippen LogP contribution in [0.3, 0.4) is 0 Å². The van der Waals surface area contributed by atoms with Gasteiger partial charge in [0.15, 0.2) is 0 Å². The molecule has 0 amide bonds. The largest absolute Gasteiger partial charge is 0.417 e. The molecule has 20 heavy (non-hydrogen) atoms. The maximum absolute atomic E-state index is 12.6. The Morgan fingerprint density at radius 1 is 1.20 bits per heavy atom. The fourth-order valence-electron chi connectivity index (χ4n) is 2.00. The third-order valence-corrected chi connectivity index (χ3v) is 5.26. The van der Waals surface area contributed by atoms with Crippen LogP contribution in [0.2, 0.25) is 5.02 Å². The van der Waals surface area contributed by atoms with E-state index in [9.17, 15) is 21.6 Å². The van der Waals surface area contributed by atoms with Crippen LogP contribution < -0.4 is 5.32 Å². The quantitative estimate of drug-likeness (QED) is 0.877. The molecule has 0 atom stereocenters. The molecule has 1 aromatic carbocycles. The Balaban J connectivity index is 2.36. The van der Waals surface area contributed by atoms with Gasteiger partial charge in [-0.1, -0.05) is 11.6 Å². The van der Waals surface area contributed by atoms with Gasteiger partial charge < -0.3 is 5.32 Å². The van der Waals surface area contributed by atoms with Crippen molar-refractivity contribution in [2.75, 3.05) is 26.2 Å². The molecule has 1 aliphatic rings. The van der Waals surface area contributed by atoms with Crippen molar-refractivity contribution in [1.29, 1.82) is 0 Å². The molecule has 0 aliphatic carbocycles. The average Bonchev–Trinajstić information content (AvgIpc) is 2.38. The Morgan fingerprint density at radius 2 is 1.80 bits per heavy atom. The van der Waals surface area contributed by atoms with Crippen molar-refractivity contribution in [2.24, 2.45) is 0 Å². The summed E-state index contributed by atoms with van der Waals surface area (Å²) in [5, 5.41) is 1.37. The predicted octanol–water partition coefficient (Wildman–Crippen LogP) is 0.927. The summed E-state index contributed by atoms with van der Waals surface area (Å²) < 4.78 is 63.6. The first-order chi connectivity index (χ1) is 9.23. The van der Waals surface area contributed by atoms with Gasteiger partial charge in [-0.2, -0.15) is 17.5 Å². The molecule has 9 heteroatoms. The van der Waals surface area contributed by atoms with Crippen molar-refractivity contribution < 1.29 is 26.9 Å². The van der Waals surface area contributed by atoms with Crippen LogP contribution in [0, 0.1) is 0 Å². The Hall–Kier alpha value is -0.830. The first-order valence-corrected chi connectivity index (χ1v) is 7.73. The molecule has 1 fully saturated rings. The SMILES string of the molecule is O=S(=O)(c1ccc(C(F)(F)F)c(Cl)c1)N1CC[NH2+]CC1. The molecule has 1 aliphatic heterocycles. The number of alkyl halides is 3. The van der Waals surface area contributed by atoms with E-state index in [1.54, 1.807) is 0 Å². The van der Waals surface area contributed by atoms with E-state index >= 15 is 0 Å². The van der Waals surface area contributed by atoms with Gasteiger partial charge in [-0.25, -0.2) is 8.42 Å². The van der Waals surface area contributed by atoms with Gasteiger partial charge in [-0.05, 0) is 18.2 Å². The van der Waals surface area contributed by atoms with Gasteiger partial charge in [-0.15, -0.1) is 0 Å². The van der Waals surface area contributed by atoms with Crippen molar-refractivity contribution in [3.05, 3.63) is 28.8 Å². The molecule has 1 saturated heterocycles. The van der Waals surface area contributed by atoms with Gasteiger partial charge in [0.05, 0.1) is 41.7 Å². The van der Waals surface area contributed by atoms with Crippen molar-refractivity contribution >= 4 is 21.6 Å². The van der Waals surface area contributed by atoms with E-state index in [4.69, 9.17) is 11.6 Å². The summed E-state index contributed by atoms with van der Waals surface area (Å²) in [5.41, 5.74) is -1.04. The summed E-state index contributed by atoms with van der Waals surface area (Å²) in [6, 6.07) is 2.51. The lowest BCUT2D eigenvalue weighted by atomic mass is 10.2. The van der Waals surface area contributed by atoms with Crippen molar-refractivity contribution in [3.63, 3.8) is 0 Å². The zero-order valence-corrected chi connectivity index (χ0v) is 11.9. The molecular weight excluding hydrogens is 317 g/mol. The molecule has 0 radical (unpaired) electrons. The molecule has 0 unspecified atom stereocenters. The molecule has 1 aromatic rings. The highest BCUT2D eigenvalue weighted by atomic mass is 35.5. The highest BCUT2D eigenvalue weighted by Gasteiger charge is 2.35. The van der Waals surface area contributed by atoms with Gasteiger partial charge in [0, 0.05) is 0 Å². The van der Waals surface area contributed by atoms with Gasteiger partial charge in [0.25, 0.3) is 0 Å². The maximum Gasteiger partial charge on any atom is 0.417 e. The number of quaternary nitrogens is 1. The minimum absolute atomic E-state index is 0.211. The molecule has 4 nitrogen and oxygen atoms in total. The Bertz CT molecular complexity index is 598. The molecule has 1 heterocycles. The molecular formula is C11H13ClF3N2O2S+. The molecule has 0 bridgehead atoms. The first-order valence-electron chi connectivity index (χ1n) is 5.91. The van der Waals surface area contributed by atoms with Crippen LogP contribution in [0.1, 0.15) is 5.56 Å². The smallest absolute Gasteiger partial charge is 0.344 e. The maximum atomic E-state index is 12.6. The number of sulfonamides is 1. The summed E-state index contributed by atoms with van der Waals surface area (Å²) in [7, 11) is -3.79. The van der Waals surface area contributed by atoms with E-state index in [2.05, 4.69) is 0 Å². The van der Waals surface area contributed by atoms with Crippen LogP contribution in [-0.4, -0.2) is 38.9 Å². The minimum atomic E-state index is -4.60. The zero-order valence-electron chi connectivity index (χ0n) is 10.3. The van der Waals surface area contributed by atoms with Crippen molar-refractivity contribution in [1.82, 2.24) is 4.31 Å². The average molecular weight is 330 g/mol. The van der Waals surface area contributed by atoms with Gasteiger partial charge >= 0.3 is 6.18 Å². The second-order valence-corrected chi connectivity index (χ2v) is 6.75. The number of hydrogen-bond donors (Lipinski definition) is 1. The third kappa shape index (κ3) is 3.08. The van der Waals surface area contributed by atoms with E-state index < -0.39 is 26.8 Å². The highest BCUT2D eigenvalue weighted by Crippen LogP contribution is 2.36. The zero-order chi connectivity index (χ0) is 15.0. The van der Waals surface area contributed by atoms with Crippen LogP contribution >= 0.6 is 11.6 Å². The van der Waals surface area contributed by atoms with Gasteiger partial charge in [0.2, 0.25) is 10.0 Å². The van der Waals surface area contributed by atoms with Crippen LogP contribution in [0.25, 0.3) is 0 Å². The normalized spacial score (nSPS) is 18.2. The number of nitrogens with two attached hydrogens (primary N) is 1. The van der Waals surface area contributed by atoms with E-state index in [0.717, 1.165) is 12.1 Å². The molecule has 2 rings (SSSR count). The van der Waals surface area contributed by atoms with Gasteiger partial charge in [0.1, 0.15) is 0 Å². The number of hydrogen-bond acceptors (Lipinski definition) is 2. The lowest BCUT2D eigenvalue weighted by Gasteiger charge is -2.24. The number of rotatable bonds is 2. The topological polar surface area (TPSA) is 54.0 Å².